The number of thioether (sulfide) groups is 1. The van der Waals surface area contributed by atoms with Crippen LogP contribution in [-0.4, -0.2) is 48.2 Å². The standard InChI is InChI=1S/C31H42N2OS.CH2O2/c1-4-33(5-2)25-15-19-30(34)31(27-16-11-10-12-17-27)29(18-13-8-6-7-9-14-24-32)26-20-22-28(35-3)23-21-26;2-1-3/h10-12,16-17,20-23H,4-9,13-15,18-19,25H2,1-3H3;1H,(H,2,3)/b31-29+;. The second-order valence-electron chi connectivity index (χ2n) is 9.03. The van der Waals surface area contributed by atoms with E-state index in [9.17, 15) is 4.79 Å². The number of carboxylic acid groups (broad SMARTS) is 1. The first kappa shape index (κ1) is 33.1. The minimum absolute atomic E-state index is 0.250. The largest absolute Gasteiger partial charge is 0.483 e. The van der Waals surface area contributed by atoms with E-state index < -0.39 is 0 Å². The quantitative estimate of drug-likeness (QED) is 0.0726. The SMILES string of the molecule is CCN(CC)CCCC(=O)/C(=C(\CCCCCCCC#N)c1ccc(SC)cc1)c1ccccc1.O=CO. The predicted octanol–water partition coefficient (Wildman–Crippen LogP) is 7.97. The summed E-state index contributed by atoms with van der Waals surface area (Å²) in [5.41, 5.74) is 4.25. The van der Waals surface area contributed by atoms with Crippen LogP contribution in [0.3, 0.4) is 0 Å². The van der Waals surface area contributed by atoms with Crippen molar-refractivity contribution < 1.29 is 14.7 Å². The zero-order valence-corrected chi connectivity index (χ0v) is 24.1. The van der Waals surface area contributed by atoms with Crippen molar-refractivity contribution >= 4 is 35.2 Å². The summed E-state index contributed by atoms with van der Waals surface area (Å²) in [6.07, 6.45) is 10.5. The molecule has 2 aromatic rings. The maximum Gasteiger partial charge on any atom is 0.290 e. The topological polar surface area (TPSA) is 81.4 Å². The Labute approximate surface area is 233 Å². The highest BCUT2D eigenvalue weighted by atomic mass is 32.2. The van der Waals surface area contributed by atoms with Crippen molar-refractivity contribution in [3.05, 3.63) is 65.7 Å². The molecule has 0 amide bonds. The molecule has 0 aliphatic rings. The number of hydrogen-bond donors (Lipinski definition) is 1. The second-order valence-corrected chi connectivity index (χ2v) is 9.91. The van der Waals surface area contributed by atoms with Gasteiger partial charge >= 0.3 is 0 Å². The van der Waals surface area contributed by atoms with E-state index in [0.717, 1.165) is 81.3 Å². The van der Waals surface area contributed by atoms with Gasteiger partial charge in [-0.15, -0.1) is 11.8 Å². The Kier molecular flexibility index (Phi) is 18.4. The van der Waals surface area contributed by atoms with E-state index in [0.29, 0.717) is 12.8 Å². The summed E-state index contributed by atoms with van der Waals surface area (Å²) in [6.45, 7) is 7.11. The summed E-state index contributed by atoms with van der Waals surface area (Å²) in [5, 5.41) is 15.6. The summed E-state index contributed by atoms with van der Waals surface area (Å²) < 4.78 is 0. The summed E-state index contributed by atoms with van der Waals surface area (Å²) in [6, 6.07) is 21.2. The van der Waals surface area contributed by atoms with Crippen LogP contribution in [0.25, 0.3) is 11.1 Å². The first-order valence-electron chi connectivity index (χ1n) is 13.7. The molecule has 6 heteroatoms. The van der Waals surface area contributed by atoms with Crippen LogP contribution in [-0.2, 0) is 9.59 Å². The van der Waals surface area contributed by atoms with Gasteiger partial charge in [0, 0.05) is 23.3 Å². The molecule has 2 rings (SSSR count). The molecule has 5 nitrogen and oxygen atoms in total. The van der Waals surface area contributed by atoms with E-state index in [-0.39, 0.29) is 12.3 Å². The molecule has 0 atom stereocenters. The molecule has 0 aliphatic heterocycles. The van der Waals surface area contributed by atoms with E-state index in [1.165, 1.54) is 10.5 Å². The van der Waals surface area contributed by atoms with Crippen LogP contribution in [0.2, 0.25) is 0 Å². The second kappa shape index (κ2) is 21.1. The number of benzene rings is 2. The zero-order valence-electron chi connectivity index (χ0n) is 23.3. The Bertz CT molecular complexity index is 994. The average Bonchev–Trinajstić information content (AvgIpc) is 2.95. The third kappa shape index (κ3) is 12.6. The van der Waals surface area contributed by atoms with Crippen molar-refractivity contribution in [2.45, 2.75) is 76.5 Å². The highest BCUT2D eigenvalue weighted by molar-refractivity contribution is 7.98. The lowest BCUT2D eigenvalue weighted by Gasteiger charge is -2.19. The van der Waals surface area contributed by atoms with Gasteiger partial charge in [0.1, 0.15) is 0 Å². The number of carbonyl (C=O) groups is 2. The normalized spacial score (nSPS) is 11.2. The van der Waals surface area contributed by atoms with E-state index in [1.807, 2.05) is 18.2 Å². The molecule has 0 radical (unpaired) electrons. The van der Waals surface area contributed by atoms with Crippen LogP contribution >= 0.6 is 11.8 Å². The molecule has 0 aliphatic carbocycles. The predicted molar refractivity (Wildman–Crippen MR) is 160 cm³/mol. The number of carbonyl (C=O) groups excluding carboxylic acids is 1. The lowest BCUT2D eigenvalue weighted by atomic mass is 9.87. The maximum absolute atomic E-state index is 13.7. The number of ketones is 1. The zero-order chi connectivity index (χ0) is 28.0. The molecule has 0 bridgehead atoms. The lowest BCUT2D eigenvalue weighted by Crippen LogP contribution is -2.24. The van der Waals surface area contributed by atoms with Gasteiger partial charge in [0.15, 0.2) is 5.78 Å². The molecule has 0 unspecified atom stereocenters. The van der Waals surface area contributed by atoms with Crippen LogP contribution in [0.15, 0.2) is 59.5 Å². The van der Waals surface area contributed by atoms with Crippen molar-refractivity contribution in [1.29, 1.82) is 5.26 Å². The number of nitriles is 1. The molecular weight excluding hydrogens is 492 g/mol. The number of rotatable bonds is 17. The highest BCUT2D eigenvalue weighted by Crippen LogP contribution is 2.33. The Morgan fingerprint density at radius 2 is 1.50 bits per heavy atom. The molecule has 0 saturated carbocycles. The van der Waals surface area contributed by atoms with Gasteiger partial charge in [0.2, 0.25) is 0 Å². The molecule has 0 heterocycles. The van der Waals surface area contributed by atoms with E-state index in [1.54, 1.807) is 11.8 Å². The highest BCUT2D eigenvalue weighted by Gasteiger charge is 2.19. The van der Waals surface area contributed by atoms with E-state index in [4.69, 9.17) is 15.2 Å². The minimum Gasteiger partial charge on any atom is -0.483 e. The monoisotopic (exact) mass is 536 g/mol. The van der Waals surface area contributed by atoms with Gasteiger partial charge in [-0.05, 0) is 80.4 Å². The van der Waals surface area contributed by atoms with Gasteiger partial charge in [0.05, 0.1) is 6.07 Å². The van der Waals surface area contributed by atoms with Crippen LogP contribution in [0.4, 0.5) is 0 Å². The molecule has 0 spiro atoms. The smallest absolute Gasteiger partial charge is 0.290 e. The Morgan fingerprint density at radius 3 is 2.08 bits per heavy atom. The molecule has 0 saturated heterocycles. The molecule has 0 aromatic heterocycles. The molecule has 2 aromatic carbocycles. The van der Waals surface area contributed by atoms with Gasteiger partial charge in [0.25, 0.3) is 6.47 Å². The molecule has 0 fully saturated rings. The third-order valence-electron chi connectivity index (χ3n) is 6.57. The number of nitrogens with zero attached hydrogens (tertiary/aromatic N) is 2. The van der Waals surface area contributed by atoms with Crippen LogP contribution in [0, 0.1) is 11.3 Å². The van der Waals surface area contributed by atoms with Crippen molar-refractivity contribution in [2.75, 3.05) is 25.9 Å². The van der Waals surface area contributed by atoms with Crippen LogP contribution < -0.4 is 0 Å². The van der Waals surface area contributed by atoms with Gasteiger partial charge in [-0.3, -0.25) is 9.59 Å². The van der Waals surface area contributed by atoms with Gasteiger partial charge < -0.3 is 10.0 Å². The molecule has 1 N–H and O–H groups in total. The minimum atomic E-state index is -0.250. The first-order chi connectivity index (χ1) is 18.6. The third-order valence-corrected chi connectivity index (χ3v) is 7.31. The van der Waals surface area contributed by atoms with Crippen molar-refractivity contribution in [2.24, 2.45) is 0 Å². The summed E-state index contributed by atoms with van der Waals surface area (Å²) in [5.74, 6) is 0.251. The van der Waals surface area contributed by atoms with Crippen molar-refractivity contribution in [3.63, 3.8) is 0 Å². The molecule has 206 valence electrons. The average molecular weight is 537 g/mol. The van der Waals surface area contributed by atoms with Crippen molar-refractivity contribution in [1.82, 2.24) is 4.90 Å². The number of Topliss-reactive ketones (excluding diaryl/α,β-unsaturated/α-hetero) is 1. The first-order valence-corrected chi connectivity index (χ1v) is 14.9. The van der Waals surface area contributed by atoms with Gasteiger partial charge in [-0.2, -0.15) is 5.26 Å². The Balaban J connectivity index is 0.00000229. The summed E-state index contributed by atoms with van der Waals surface area (Å²) in [7, 11) is 0. The fourth-order valence-corrected chi connectivity index (χ4v) is 4.89. The molecule has 38 heavy (non-hydrogen) atoms. The number of unbranched alkanes of at least 4 members (excludes halogenated alkanes) is 5. The Hall–Kier alpha value is -2.88. The van der Waals surface area contributed by atoms with Gasteiger partial charge in [-0.25, -0.2) is 0 Å². The lowest BCUT2D eigenvalue weighted by molar-refractivity contribution is -0.122. The number of allylic oxidation sites excluding steroid dienone is 2. The summed E-state index contributed by atoms with van der Waals surface area (Å²) in [4.78, 5) is 25.7. The number of hydrogen-bond acceptors (Lipinski definition) is 5. The fourth-order valence-electron chi connectivity index (χ4n) is 4.48. The van der Waals surface area contributed by atoms with E-state index in [2.05, 4.69) is 67.5 Å². The van der Waals surface area contributed by atoms with Crippen molar-refractivity contribution in [3.8, 4) is 6.07 Å². The summed E-state index contributed by atoms with van der Waals surface area (Å²) >= 11 is 1.74. The Morgan fingerprint density at radius 1 is 0.895 bits per heavy atom. The van der Waals surface area contributed by atoms with E-state index >= 15 is 0 Å². The fraction of sp³-hybridized carbons (Fsp3) is 0.469. The van der Waals surface area contributed by atoms with Crippen LogP contribution in [0.1, 0.15) is 82.8 Å². The van der Waals surface area contributed by atoms with Crippen LogP contribution in [0.5, 0.6) is 0 Å². The van der Waals surface area contributed by atoms with Gasteiger partial charge in [-0.1, -0.05) is 75.6 Å². The maximum atomic E-state index is 13.7. The molecular formula is C32H44N2O3S.